The normalized spacial score (nSPS) is 16.0. The van der Waals surface area contributed by atoms with Crippen LogP contribution in [0.5, 0.6) is 0 Å². The number of amides is 1. The molecule has 5 heteroatoms. The minimum atomic E-state index is -0.984. The molecular formula is C12H24N2O3. The number of aliphatic carboxylic acids is 1. The number of carboxylic acid groups (broad SMARTS) is 1. The number of carboxylic acids is 1. The van der Waals surface area contributed by atoms with E-state index in [-0.39, 0.29) is 12.5 Å². The second-order valence-corrected chi connectivity index (χ2v) is 4.62. The zero-order valence-corrected chi connectivity index (χ0v) is 11.0. The van der Waals surface area contributed by atoms with E-state index >= 15 is 0 Å². The summed E-state index contributed by atoms with van der Waals surface area (Å²) < 4.78 is 0. The predicted molar refractivity (Wildman–Crippen MR) is 66.5 cm³/mol. The van der Waals surface area contributed by atoms with E-state index in [4.69, 9.17) is 10.8 Å². The first kappa shape index (κ1) is 15.9. The van der Waals surface area contributed by atoms with Crippen molar-refractivity contribution in [2.45, 2.75) is 52.5 Å². The number of unbranched alkanes of at least 4 members (excludes halogenated alkanes) is 1. The quantitative estimate of drug-likeness (QED) is 0.596. The third kappa shape index (κ3) is 4.73. The number of rotatable bonds is 8. The molecule has 0 radical (unpaired) electrons. The predicted octanol–water partition coefficient (Wildman–Crippen LogP) is 1.12. The molecule has 0 aromatic rings. The fourth-order valence-electron chi connectivity index (χ4n) is 1.40. The van der Waals surface area contributed by atoms with Gasteiger partial charge in [-0.25, -0.2) is 4.79 Å². The number of carbonyl (C=O) groups is 2. The van der Waals surface area contributed by atoms with Crippen LogP contribution in [0.3, 0.4) is 0 Å². The van der Waals surface area contributed by atoms with Gasteiger partial charge in [0.25, 0.3) is 0 Å². The zero-order chi connectivity index (χ0) is 13.5. The Labute approximate surface area is 103 Å². The molecule has 0 bridgehead atoms. The first-order valence-corrected chi connectivity index (χ1v) is 6.15. The highest BCUT2D eigenvalue weighted by Gasteiger charge is 2.32. The highest BCUT2D eigenvalue weighted by atomic mass is 16.4. The van der Waals surface area contributed by atoms with Gasteiger partial charge in [-0.15, -0.1) is 0 Å². The third-order valence-corrected chi connectivity index (χ3v) is 3.23. The van der Waals surface area contributed by atoms with Gasteiger partial charge in [0.15, 0.2) is 0 Å². The molecule has 0 saturated heterocycles. The SMILES string of the molecule is CCCCC(NC(=O)C(C)(CC)CN)C(=O)O. The maximum absolute atomic E-state index is 12.0. The summed E-state index contributed by atoms with van der Waals surface area (Å²) in [7, 11) is 0. The Morgan fingerprint density at radius 2 is 2.00 bits per heavy atom. The van der Waals surface area contributed by atoms with Gasteiger partial charge in [0, 0.05) is 6.54 Å². The largest absolute Gasteiger partial charge is 0.480 e. The molecule has 0 saturated carbocycles. The van der Waals surface area contributed by atoms with Crippen molar-refractivity contribution in [3.05, 3.63) is 0 Å². The molecule has 100 valence electrons. The molecule has 2 atom stereocenters. The van der Waals surface area contributed by atoms with Crippen LogP contribution in [0.4, 0.5) is 0 Å². The molecule has 0 aliphatic carbocycles. The Balaban J connectivity index is 4.54. The van der Waals surface area contributed by atoms with Gasteiger partial charge < -0.3 is 16.2 Å². The van der Waals surface area contributed by atoms with E-state index in [1.807, 2.05) is 13.8 Å². The lowest BCUT2D eigenvalue weighted by atomic mass is 9.86. The van der Waals surface area contributed by atoms with Gasteiger partial charge in [-0.3, -0.25) is 4.79 Å². The van der Waals surface area contributed by atoms with Gasteiger partial charge in [0.1, 0.15) is 6.04 Å². The molecule has 0 aliphatic rings. The molecule has 0 fully saturated rings. The molecule has 17 heavy (non-hydrogen) atoms. The summed E-state index contributed by atoms with van der Waals surface area (Å²) in [6.07, 6.45) is 2.74. The molecule has 5 nitrogen and oxygen atoms in total. The Kier molecular flexibility index (Phi) is 6.80. The maximum Gasteiger partial charge on any atom is 0.326 e. The Hall–Kier alpha value is -1.10. The number of nitrogens with two attached hydrogens (primary N) is 1. The molecule has 0 rings (SSSR count). The first-order chi connectivity index (χ1) is 7.91. The average Bonchev–Trinajstić information content (AvgIpc) is 2.32. The minimum absolute atomic E-state index is 0.218. The lowest BCUT2D eigenvalue weighted by Gasteiger charge is -2.27. The molecule has 2 unspecified atom stereocenters. The zero-order valence-electron chi connectivity index (χ0n) is 11.0. The van der Waals surface area contributed by atoms with E-state index in [0.29, 0.717) is 12.8 Å². The highest BCUT2D eigenvalue weighted by Crippen LogP contribution is 2.19. The fraction of sp³-hybridized carbons (Fsp3) is 0.833. The van der Waals surface area contributed by atoms with Crippen LogP contribution in [0.2, 0.25) is 0 Å². The van der Waals surface area contributed by atoms with Crippen LogP contribution in [-0.2, 0) is 9.59 Å². The molecule has 1 amide bonds. The summed E-state index contributed by atoms with van der Waals surface area (Å²) in [6, 6.07) is -0.806. The number of nitrogens with one attached hydrogen (secondary N) is 1. The Bertz CT molecular complexity index is 262. The maximum atomic E-state index is 12.0. The van der Waals surface area contributed by atoms with Crippen LogP contribution in [0, 0.1) is 5.41 Å². The summed E-state index contributed by atoms with van der Waals surface area (Å²) in [4.78, 5) is 22.9. The van der Waals surface area contributed by atoms with Crippen LogP contribution < -0.4 is 11.1 Å². The van der Waals surface area contributed by atoms with Gasteiger partial charge in [-0.2, -0.15) is 0 Å². The molecule has 0 aromatic heterocycles. The van der Waals surface area contributed by atoms with Crippen LogP contribution in [0.25, 0.3) is 0 Å². The minimum Gasteiger partial charge on any atom is -0.480 e. The number of carbonyl (C=O) groups excluding carboxylic acids is 1. The van der Waals surface area contributed by atoms with Crippen molar-refractivity contribution in [2.75, 3.05) is 6.54 Å². The molecule has 0 spiro atoms. The van der Waals surface area contributed by atoms with Crippen molar-refractivity contribution in [1.29, 1.82) is 0 Å². The van der Waals surface area contributed by atoms with Crippen molar-refractivity contribution >= 4 is 11.9 Å². The van der Waals surface area contributed by atoms with E-state index in [2.05, 4.69) is 5.32 Å². The summed E-state index contributed by atoms with van der Waals surface area (Å²) in [5, 5.41) is 11.6. The number of hydrogen-bond donors (Lipinski definition) is 3. The second-order valence-electron chi connectivity index (χ2n) is 4.62. The van der Waals surface area contributed by atoms with Gasteiger partial charge in [-0.05, 0) is 19.8 Å². The van der Waals surface area contributed by atoms with E-state index in [9.17, 15) is 9.59 Å². The molecule has 0 heterocycles. The van der Waals surface area contributed by atoms with Crippen molar-refractivity contribution in [1.82, 2.24) is 5.32 Å². The van der Waals surface area contributed by atoms with Crippen LogP contribution in [0.15, 0.2) is 0 Å². The highest BCUT2D eigenvalue weighted by molar-refractivity contribution is 5.87. The summed E-state index contributed by atoms with van der Waals surface area (Å²) in [5.74, 6) is -1.26. The van der Waals surface area contributed by atoms with E-state index in [1.165, 1.54) is 0 Å². The van der Waals surface area contributed by atoms with Gasteiger partial charge in [-0.1, -0.05) is 26.7 Å². The Morgan fingerprint density at radius 3 is 2.35 bits per heavy atom. The molecular weight excluding hydrogens is 220 g/mol. The van der Waals surface area contributed by atoms with E-state index in [1.54, 1.807) is 6.92 Å². The van der Waals surface area contributed by atoms with E-state index < -0.39 is 17.4 Å². The second kappa shape index (κ2) is 7.27. The van der Waals surface area contributed by atoms with Crippen LogP contribution in [0.1, 0.15) is 46.5 Å². The Morgan fingerprint density at radius 1 is 1.41 bits per heavy atom. The van der Waals surface area contributed by atoms with Crippen LogP contribution in [-0.4, -0.2) is 29.6 Å². The summed E-state index contributed by atoms with van der Waals surface area (Å²) in [6.45, 7) is 5.82. The molecule has 4 N–H and O–H groups in total. The lowest BCUT2D eigenvalue weighted by Crippen LogP contribution is -2.49. The first-order valence-electron chi connectivity index (χ1n) is 6.15. The van der Waals surface area contributed by atoms with Crippen molar-refractivity contribution in [2.24, 2.45) is 11.1 Å². The van der Waals surface area contributed by atoms with Crippen molar-refractivity contribution < 1.29 is 14.7 Å². The van der Waals surface area contributed by atoms with Crippen molar-refractivity contribution in [3.63, 3.8) is 0 Å². The van der Waals surface area contributed by atoms with Gasteiger partial charge >= 0.3 is 5.97 Å². The van der Waals surface area contributed by atoms with Gasteiger partial charge in [0.2, 0.25) is 5.91 Å². The van der Waals surface area contributed by atoms with Crippen LogP contribution >= 0.6 is 0 Å². The number of hydrogen-bond acceptors (Lipinski definition) is 3. The molecule has 0 aliphatic heterocycles. The smallest absolute Gasteiger partial charge is 0.326 e. The monoisotopic (exact) mass is 244 g/mol. The fourth-order valence-corrected chi connectivity index (χ4v) is 1.40. The topological polar surface area (TPSA) is 92.4 Å². The lowest BCUT2D eigenvalue weighted by molar-refractivity contribution is -0.143. The third-order valence-electron chi connectivity index (χ3n) is 3.23. The standard InChI is InChI=1S/C12H24N2O3/c1-4-6-7-9(10(15)16)14-11(17)12(3,5-2)8-13/h9H,4-8,13H2,1-3H3,(H,14,17)(H,15,16). The van der Waals surface area contributed by atoms with Crippen molar-refractivity contribution in [3.8, 4) is 0 Å². The van der Waals surface area contributed by atoms with Gasteiger partial charge in [0.05, 0.1) is 5.41 Å². The van der Waals surface area contributed by atoms with E-state index in [0.717, 1.165) is 12.8 Å². The average molecular weight is 244 g/mol. The summed E-state index contributed by atoms with van der Waals surface area (Å²) in [5.41, 5.74) is 4.88. The summed E-state index contributed by atoms with van der Waals surface area (Å²) >= 11 is 0. The molecule has 0 aromatic carbocycles.